The van der Waals surface area contributed by atoms with Gasteiger partial charge in [0.2, 0.25) is 0 Å². The number of fused-ring (bicyclic) bond motifs is 1. The number of carbonyl (C=O) groups excluding carboxylic acids is 1. The van der Waals surface area contributed by atoms with Gasteiger partial charge in [-0.05, 0) is 18.2 Å². The molecule has 1 aromatic rings. The summed E-state index contributed by atoms with van der Waals surface area (Å²) in [5.41, 5.74) is 0.306. The Balaban J connectivity index is 2.65. The third-order valence-electron chi connectivity index (χ3n) is 1.69. The lowest BCUT2D eigenvalue weighted by Crippen LogP contribution is -2.24. The smallest absolute Gasteiger partial charge is 0.255 e. The van der Waals surface area contributed by atoms with Gasteiger partial charge < -0.3 is 10.1 Å². The van der Waals surface area contributed by atoms with Crippen LogP contribution < -0.4 is 10.1 Å². The molecule has 0 fully saturated rings. The summed E-state index contributed by atoms with van der Waals surface area (Å²) in [6, 6.07) is 1.48. The van der Waals surface area contributed by atoms with E-state index in [9.17, 15) is 4.79 Å². The Kier molecular flexibility index (Phi) is 1.67. The number of nitrogens with one attached hydrogen (secondary N) is 1. The van der Waals surface area contributed by atoms with Gasteiger partial charge in [0.1, 0.15) is 12.4 Å². The molecule has 0 unspecified atom stereocenters. The highest BCUT2D eigenvalue weighted by atomic mass is 79.9. The minimum atomic E-state index is -0.267. The zero-order valence-corrected chi connectivity index (χ0v) is 8.27. The van der Waals surface area contributed by atoms with Crippen molar-refractivity contribution >= 4 is 21.8 Å². The lowest BCUT2D eigenvalue weighted by Gasteiger charge is -2.04. The normalized spacial score (nSPS) is 17.5. The molecule has 0 aromatic heterocycles. The fourth-order valence-electron chi connectivity index (χ4n) is 1.11. The number of benzene rings is 1. The first-order chi connectivity index (χ1) is 7.11. The molecular weight excluding hydrogens is 234 g/mol. The lowest BCUT2D eigenvalue weighted by molar-refractivity contribution is 0.0957. The Morgan fingerprint density at radius 1 is 1.62 bits per heavy atom. The zero-order chi connectivity index (χ0) is 11.0. The van der Waals surface area contributed by atoms with Crippen LogP contribution in [0.5, 0.6) is 5.75 Å². The van der Waals surface area contributed by atoms with E-state index in [0.29, 0.717) is 23.2 Å². The number of carbonyl (C=O) groups is 1. The van der Waals surface area contributed by atoms with Gasteiger partial charge in [0.25, 0.3) is 5.91 Å². The molecule has 0 aliphatic carbocycles. The molecule has 1 N–H and O–H groups in total. The number of halogens is 1. The van der Waals surface area contributed by atoms with Gasteiger partial charge in [0.05, 0.1) is 14.8 Å². The molecule has 2 rings (SSSR count). The summed E-state index contributed by atoms with van der Waals surface area (Å²) in [5.74, 6) is -0.0742. The van der Waals surface area contributed by atoms with Crippen molar-refractivity contribution < 1.29 is 12.3 Å². The van der Waals surface area contributed by atoms with E-state index in [1.165, 1.54) is 6.07 Å². The molecule has 4 heteroatoms. The van der Waals surface area contributed by atoms with Crippen LogP contribution in [0.3, 0.4) is 0 Å². The van der Waals surface area contributed by atoms with Gasteiger partial charge in [-0.2, -0.15) is 0 Å². The number of ether oxygens (including phenoxy) is 1. The first-order valence-corrected chi connectivity index (χ1v) is 4.61. The SMILES string of the molecule is [2H]c1c(Br)cc2c(c1[2H])OCCNC2=O. The zero-order valence-electron chi connectivity index (χ0n) is 8.69. The van der Waals surface area contributed by atoms with Crippen LogP contribution in [-0.2, 0) is 0 Å². The Morgan fingerprint density at radius 3 is 3.31 bits per heavy atom. The lowest BCUT2D eigenvalue weighted by atomic mass is 10.2. The number of amides is 1. The number of rotatable bonds is 0. The van der Waals surface area contributed by atoms with E-state index in [1.54, 1.807) is 0 Å². The van der Waals surface area contributed by atoms with Crippen LogP contribution >= 0.6 is 15.9 Å². The molecule has 68 valence electrons. The predicted octanol–water partition coefficient (Wildman–Crippen LogP) is 1.57. The molecule has 1 aliphatic heterocycles. The third-order valence-corrected chi connectivity index (χ3v) is 2.12. The van der Waals surface area contributed by atoms with E-state index in [-0.39, 0.29) is 23.7 Å². The molecule has 0 bridgehead atoms. The van der Waals surface area contributed by atoms with Crippen molar-refractivity contribution in [3.63, 3.8) is 0 Å². The van der Waals surface area contributed by atoms with Crippen molar-refractivity contribution in [1.29, 1.82) is 0 Å². The largest absolute Gasteiger partial charge is 0.491 e. The molecule has 0 atom stereocenters. The van der Waals surface area contributed by atoms with E-state index in [1.807, 2.05) is 0 Å². The number of hydrogen-bond donors (Lipinski definition) is 1. The van der Waals surface area contributed by atoms with Crippen LogP contribution in [0.4, 0.5) is 0 Å². The summed E-state index contributed by atoms with van der Waals surface area (Å²) < 4.78 is 21.0. The molecule has 3 nitrogen and oxygen atoms in total. The summed E-state index contributed by atoms with van der Waals surface area (Å²) in [6.45, 7) is 0.740. The number of hydrogen-bond acceptors (Lipinski definition) is 2. The maximum absolute atomic E-state index is 11.6. The standard InChI is InChI=1S/C9H8BrNO2/c10-6-1-2-8-7(5-6)9(12)11-3-4-13-8/h1-2,5H,3-4H2,(H,11,12)/i1D,2D. The second-order valence-corrected chi connectivity index (χ2v) is 3.44. The summed E-state index contributed by atoms with van der Waals surface area (Å²) >= 11 is 3.14. The van der Waals surface area contributed by atoms with Crippen LogP contribution in [0, 0.1) is 0 Å². The summed E-state index contributed by atoms with van der Waals surface area (Å²) in [6.07, 6.45) is 0. The average Bonchev–Trinajstić information content (AvgIpc) is 2.39. The quantitative estimate of drug-likeness (QED) is 0.752. The first kappa shape index (κ1) is 6.43. The molecule has 0 saturated heterocycles. The van der Waals surface area contributed by atoms with Crippen molar-refractivity contribution in [2.24, 2.45) is 0 Å². The molecule has 1 aromatic carbocycles. The van der Waals surface area contributed by atoms with Crippen LogP contribution in [-0.4, -0.2) is 19.1 Å². The molecule has 0 radical (unpaired) electrons. The fraction of sp³-hybridized carbons (Fsp3) is 0.222. The van der Waals surface area contributed by atoms with Gasteiger partial charge in [-0.15, -0.1) is 0 Å². The van der Waals surface area contributed by atoms with Crippen LogP contribution in [0.25, 0.3) is 0 Å². The highest BCUT2D eigenvalue weighted by molar-refractivity contribution is 9.10. The Bertz CT molecular complexity index is 437. The second kappa shape index (κ2) is 3.38. The van der Waals surface area contributed by atoms with Crippen molar-refractivity contribution in [1.82, 2.24) is 5.32 Å². The van der Waals surface area contributed by atoms with Crippen LogP contribution in [0.1, 0.15) is 13.1 Å². The maximum Gasteiger partial charge on any atom is 0.255 e. The van der Waals surface area contributed by atoms with E-state index in [2.05, 4.69) is 21.2 Å². The van der Waals surface area contributed by atoms with Gasteiger partial charge in [-0.25, -0.2) is 0 Å². The van der Waals surface area contributed by atoms with Gasteiger partial charge in [0.15, 0.2) is 0 Å². The maximum atomic E-state index is 11.6. The van der Waals surface area contributed by atoms with Crippen molar-refractivity contribution in [3.05, 3.63) is 28.2 Å². The fourth-order valence-corrected chi connectivity index (χ4v) is 1.44. The minimum Gasteiger partial charge on any atom is -0.491 e. The highest BCUT2D eigenvalue weighted by Gasteiger charge is 2.15. The molecule has 1 amide bonds. The first-order valence-electron chi connectivity index (χ1n) is 4.82. The molecule has 1 heterocycles. The van der Waals surface area contributed by atoms with E-state index in [0.717, 1.165) is 0 Å². The molecule has 13 heavy (non-hydrogen) atoms. The monoisotopic (exact) mass is 243 g/mol. The average molecular weight is 244 g/mol. The Morgan fingerprint density at radius 2 is 2.46 bits per heavy atom. The van der Waals surface area contributed by atoms with E-state index < -0.39 is 0 Å². The van der Waals surface area contributed by atoms with Crippen LogP contribution in [0.15, 0.2) is 22.6 Å². The minimum absolute atomic E-state index is 0.0310. The second-order valence-electron chi connectivity index (χ2n) is 2.59. The van der Waals surface area contributed by atoms with Crippen molar-refractivity contribution in [2.45, 2.75) is 0 Å². The highest BCUT2D eigenvalue weighted by Crippen LogP contribution is 2.24. The molecule has 0 spiro atoms. The third kappa shape index (κ3) is 1.67. The van der Waals surface area contributed by atoms with E-state index in [4.69, 9.17) is 7.48 Å². The van der Waals surface area contributed by atoms with Gasteiger partial charge >= 0.3 is 0 Å². The summed E-state index contributed by atoms with van der Waals surface area (Å²) in [4.78, 5) is 11.6. The Hall–Kier alpha value is -1.03. The van der Waals surface area contributed by atoms with Crippen molar-refractivity contribution in [3.8, 4) is 5.75 Å². The predicted molar refractivity (Wildman–Crippen MR) is 52.0 cm³/mol. The molecule has 0 saturated carbocycles. The van der Waals surface area contributed by atoms with E-state index >= 15 is 0 Å². The molecule has 1 aliphatic rings. The van der Waals surface area contributed by atoms with Gasteiger partial charge in [-0.1, -0.05) is 15.9 Å². The Labute approximate surface area is 87.0 Å². The van der Waals surface area contributed by atoms with Crippen LogP contribution in [0.2, 0.25) is 0 Å². The van der Waals surface area contributed by atoms with Gasteiger partial charge in [-0.3, -0.25) is 4.79 Å². The van der Waals surface area contributed by atoms with Gasteiger partial charge in [0, 0.05) is 4.47 Å². The summed E-state index contributed by atoms with van der Waals surface area (Å²) in [7, 11) is 0. The van der Waals surface area contributed by atoms with Crippen molar-refractivity contribution in [2.75, 3.05) is 13.2 Å². The topological polar surface area (TPSA) is 38.3 Å². The molecular formula is C9H8BrNO2. The summed E-state index contributed by atoms with van der Waals surface area (Å²) in [5, 5.41) is 2.65.